The highest BCUT2D eigenvalue weighted by atomic mass is 16.5. The molecule has 1 aromatic rings. The predicted molar refractivity (Wildman–Crippen MR) is 149 cm³/mol. The second-order valence-corrected chi connectivity index (χ2v) is 15.2. The number of fused-ring (bicyclic) bond motifs is 4. The molecule has 8 heteroatoms. The van der Waals surface area contributed by atoms with Crippen LogP contribution in [0, 0.1) is 21.7 Å². The molecule has 218 valence electrons. The highest BCUT2D eigenvalue weighted by molar-refractivity contribution is 5.95. The lowest BCUT2D eigenvalue weighted by atomic mass is 9.65. The third kappa shape index (κ3) is 5.91. The zero-order chi connectivity index (χ0) is 29.1. The molecule has 0 radical (unpaired) electrons. The molecule has 2 amide bonds. The molecular formula is C32H44N2O6. The Morgan fingerprint density at radius 3 is 1.35 bits per heavy atom. The molecule has 4 fully saturated rings. The molecule has 2 aliphatic carbocycles. The van der Waals surface area contributed by atoms with Gasteiger partial charge in [0.25, 0.3) is 11.8 Å². The first-order chi connectivity index (χ1) is 18.6. The van der Waals surface area contributed by atoms with Gasteiger partial charge in [0, 0.05) is 25.2 Å². The lowest BCUT2D eigenvalue weighted by molar-refractivity contribution is -0.136. The molecule has 0 spiro atoms. The van der Waals surface area contributed by atoms with Crippen molar-refractivity contribution in [3.05, 3.63) is 35.4 Å². The second kappa shape index (κ2) is 9.88. The van der Waals surface area contributed by atoms with Crippen molar-refractivity contribution in [1.29, 1.82) is 0 Å². The summed E-state index contributed by atoms with van der Waals surface area (Å²) < 4.78 is 10.7. The van der Waals surface area contributed by atoms with E-state index in [1.807, 2.05) is 9.80 Å². The molecule has 4 atom stereocenters. The third-order valence-electron chi connectivity index (χ3n) is 9.48. The van der Waals surface area contributed by atoms with Crippen LogP contribution in [0.25, 0.3) is 0 Å². The van der Waals surface area contributed by atoms with E-state index in [2.05, 4.69) is 41.5 Å². The number of carbonyl (C=O) groups is 4. The van der Waals surface area contributed by atoms with Gasteiger partial charge in [0.15, 0.2) is 13.2 Å². The highest BCUT2D eigenvalue weighted by Crippen LogP contribution is 2.53. The molecule has 2 saturated carbocycles. The number of rotatable bonds is 6. The van der Waals surface area contributed by atoms with Gasteiger partial charge in [0.2, 0.25) is 0 Å². The number of likely N-dealkylation sites (tertiary alicyclic amines) is 2. The Balaban J connectivity index is 1.10. The number of ether oxygens (including phenoxy) is 2. The Kier molecular flexibility index (Phi) is 7.07. The monoisotopic (exact) mass is 552 g/mol. The summed E-state index contributed by atoms with van der Waals surface area (Å²) in [6.45, 7) is 14.3. The Labute approximate surface area is 237 Å². The van der Waals surface area contributed by atoms with Gasteiger partial charge in [-0.25, -0.2) is 9.59 Å². The highest BCUT2D eigenvalue weighted by Gasteiger charge is 2.52. The smallest absolute Gasteiger partial charge is 0.338 e. The minimum atomic E-state index is -0.617. The van der Waals surface area contributed by atoms with Gasteiger partial charge in [-0.3, -0.25) is 9.59 Å². The van der Waals surface area contributed by atoms with E-state index in [-0.39, 0.29) is 69.9 Å². The van der Waals surface area contributed by atoms with Crippen LogP contribution in [-0.2, 0) is 19.1 Å². The van der Waals surface area contributed by atoms with E-state index >= 15 is 0 Å². The van der Waals surface area contributed by atoms with Crippen LogP contribution in [-0.4, -0.2) is 71.9 Å². The van der Waals surface area contributed by atoms with Gasteiger partial charge in [-0.1, -0.05) is 41.5 Å². The fourth-order valence-corrected chi connectivity index (χ4v) is 8.83. The van der Waals surface area contributed by atoms with Gasteiger partial charge in [-0.15, -0.1) is 0 Å². The van der Waals surface area contributed by atoms with Gasteiger partial charge in [-0.05, 0) is 84.5 Å². The molecule has 4 aliphatic rings. The van der Waals surface area contributed by atoms with Gasteiger partial charge >= 0.3 is 11.9 Å². The SMILES string of the molecule is CC1(C)CC2CC(C)(CN2C(=O)COC(=O)c2ccc(C(=O)OCC(=O)N3CC4(C)CC3CC(C)(C)C4)cc2)C1. The summed E-state index contributed by atoms with van der Waals surface area (Å²) in [5.41, 5.74) is 1.11. The Morgan fingerprint density at radius 1 is 0.650 bits per heavy atom. The van der Waals surface area contributed by atoms with Crippen LogP contribution in [0.15, 0.2) is 24.3 Å². The normalized spacial score (nSPS) is 31.6. The van der Waals surface area contributed by atoms with E-state index in [1.165, 1.54) is 24.3 Å². The minimum Gasteiger partial charge on any atom is -0.452 e. The van der Waals surface area contributed by atoms with E-state index in [0.717, 1.165) is 38.5 Å². The maximum atomic E-state index is 12.9. The van der Waals surface area contributed by atoms with Crippen molar-refractivity contribution in [2.45, 2.75) is 92.2 Å². The van der Waals surface area contributed by atoms with E-state index < -0.39 is 11.9 Å². The van der Waals surface area contributed by atoms with Crippen LogP contribution in [0.1, 0.15) is 101 Å². The van der Waals surface area contributed by atoms with Crippen molar-refractivity contribution in [1.82, 2.24) is 9.80 Å². The molecule has 40 heavy (non-hydrogen) atoms. The summed E-state index contributed by atoms with van der Waals surface area (Å²) in [5, 5.41) is 0. The molecule has 2 aliphatic heterocycles. The van der Waals surface area contributed by atoms with Crippen molar-refractivity contribution in [3.63, 3.8) is 0 Å². The summed E-state index contributed by atoms with van der Waals surface area (Å²) >= 11 is 0. The van der Waals surface area contributed by atoms with Crippen molar-refractivity contribution < 1.29 is 28.7 Å². The van der Waals surface area contributed by atoms with Gasteiger partial charge in [-0.2, -0.15) is 0 Å². The summed E-state index contributed by atoms with van der Waals surface area (Å²) in [5.74, 6) is -1.56. The van der Waals surface area contributed by atoms with Gasteiger partial charge in [0.05, 0.1) is 11.1 Å². The number of nitrogens with zero attached hydrogens (tertiary/aromatic N) is 2. The number of hydrogen-bond acceptors (Lipinski definition) is 6. The molecular weight excluding hydrogens is 508 g/mol. The lowest BCUT2D eigenvalue weighted by Gasteiger charge is -2.39. The Hall–Kier alpha value is -2.90. The fourth-order valence-electron chi connectivity index (χ4n) is 8.83. The number of hydrogen-bond donors (Lipinski definition) is 0. The maximum Gasteiger partial charge on any atom is 0.338 e. The zero-order valence-electron chi connectivity index (χ0n) is 24.9. The molecule has 2 heterocycles. The fraction of sp³-hybridized carbons (Fsp3) is 0.688. The van der Waals surface area contributed by atoms with Crippen LogP contribution in [0.5, 0.6) is 0 Å². The number of benzene rings is 1. The number of carbonyl (C=O) groups excluding carboxylic acids is 4. The van der Waals surface area contributed by atoms with Crippen LogP contribution in [0.3, 0.4) is 0 Å². The van der Waals surface area contributed by atoms with E-state index in [4.69, 9.17) is 9.47 Å². The van der Waals surface area contributed by atoms with Crippen molar-refractivity contribution in [2.75, 3.05) is 26.3 Å². The largest absolute Gasteiger partial charge is 0.452 e. The van der Waals surface area contributed by atoms with Gasteiger partial charge < -0.3 is 19.3 Å². The number of amides is 2. The van der Waals surface area contributed by atoms with E-state index in [1.54, 1.807) is 0 Å². The molecule has 8 nitrogen and oxygen atoms in total. The number of esters is 2. The van der Waals surface area contributed by atoms with Gasteiger partial charge in [0.1, 0.15) is 0 Å². The topological polar surface area (TPSA) is 93.2 Å². The van der Waals surface area contributed by atoms with E-state index in [0.29, 0.717) is 13.1 Å². The van der Waals surface area contributed by atoms with Crippen LogP contribution >= 0.6 is 0 Å². The quantitative estimate of drug-likeness (QED) is 0.468. The average molecular weight is 553 g/mol. The summed E-state index contributed by atoms with van der Waals surface area (Å²) in [6.07, 6.45) is 6.08. The van der Waals surface area contributed by atoms with Crippen molar-refractivity contribution in [3.8, 4) is 0 Å². The third-order valence-corrected chi connectivity index (χ3v) is 9.48. The molecule has 0 aromatic heterocycles. The predicted octanol–water partition coefficient (Wildman–Crippen LogP) is 4.85. The van der Waals surface area contributed by atoms with Crippen LogP contribution in [0.2, 0.25) is 0 Å². The summed E-state index contributed by atoms with van der Waals surface area (Å²) in [6, 6.07) is 6.29. The molecule has 4 bridgehead atoms. The maximum absolute atomic E-state index is 12.9. The molecule has 4 unspecified atom stereocenters. The first-order valence-corrected chi connectivity index (χ1v) is 14.6. The first kappa shape index (κ1) is 28.6. The van der Waals surface area contributed by atoms with E-state index in [9.17, 15) is 19.2 Å². The molecule has 0 N–H and O–H groups in total. The van der Waals surface area contributed by atoms with Crippen LogP contribution in [0.4, 0.5) is 0 Å². The van der Waals surface area contributed by atoms with Crippen molar-refractivity contribution >= 4 is 23.8 Å². The van der Waals surface area contributed by atoms with Crippen LogP contribution < -0.4 is 0 Å². The average Bonchev–Trinajstić information content (AvgIpc) is 3.26. The first-order valence-electron chi connectivity index (χ1n) is 14.6. The molecule has 5 rings (SSSR count). The Bertz CT molecular complexity index is 1110. The molecule has 1 aromatic carbocycles. The van der Waals surface area contributed by atoms with Crippen molar-refractivity contribution in [2.24, 2.45) is 21.7 Å². The zero-order valence-corrected chi connectivity index (χ0v) is 24.9. The Morgan fingerprint density at radius 2 is 1.00 bits per heavy atom. The summed E-state index contributed by atoms with van der Waals surface area (Å²) in [4.78, 5) is 54.8. The molecule has 2 saturated heterocycles. The summed E-state index contributed by atoms with van der Waals surface area (Å²) in [7, 11) is 0. The minimum absolute atomic E-state index is 0.115. The lowest BCUT2D eigenvalue weighted by Crippen LogP contribution is -2.39. The second-order valence-electron chi connectivity index (χ2n) is 15.2. The standard InChI is InChI=1S/C32H44N2O6/c1-29(2)11-23-13-31(5,17-29)19-33(23)25(35)15-39-27(37)21-7-9-22(10-8-21)28(38)40-16-26(36)34-20-32(6)14-24(34)12-30(3,4)18-32/h7-10,23-24H,11-20H2,1-6H3.